The van der Waals surface area contributed by atoms with Gasteiger partial charge in [-0.2, -0.15) is 0 Å². The molecule has 1 aromatic heterocycles. The summed E-state index contributed by atoms with van der Waals surface area (Å²) in [4.78, 5) is 17.6. The zero-order chi connectivity index (χ0) is 24.6. The van der Waals surface area contributed by atoms with E-state index in [4.69, 9.17) is 32.8 Å². The number of hydrogen-bond donors (Lipinski definition) is 0. The van der Waals surface area contributed by atoms with Crippen molar-refractivity contribution >= 4 is 34.9 Å². The van der Waals surface area contributed by atoms with E-state index in [1.165, 1.54) is 16.8 Å². The van der Waals surface area contributed by atoms with Crippen LogP contribution < -0.4 is 4.74 Å². The maximum Gasteiger partial charge on any atom is 0.372 e. The maximum absolute atomic E-state index is 12.3. The molecule has 7 heteroatoms. The fourth-order valence-electron chi connectivity index (χ4n) is 4.35. The van der Waals surface area contributed by atoms with Gasteiger partial charge in [-0.05, 0) is 86.6 Å². The van der Waals surface area contributed by atoms with Gasteiger partial charge in [0.15, 0.2) is 6.61 Å². The zero-order valence-corrected chi connectivity index (χ0v) is 21.5. The monoisotopic (exact) mass is 498 g/mol. The molecule has 0 N–H and O–H groups in total. The standard InChI is InChI=1S/C27H28Cl2N2O3/c1-16-6-8-20(10-17(16)2)31-18(3)11-21-23(13-27(4,5)14-24(21)31)30-34-26(32)15-33-25-9-7-19(28)12-22(25)29/h6-12H,13-15H2,1-5H3/b30-23+. The molecule has 0 unspecified atom stereocenters. The van der Waals surface area contributed by atoms with Gasteiger partial charge in [0, 0.05) is 27.7 Å². The van der Waals surface area contributed by atoms with E-state index < -0.39 is 5.97 Å². The van der Waals surface area contributed by atoms with Crippen molar-refractivity contribution in [2.24, 2.45) is 10.6 Å². The predicted octanol–water partition coefficient (Wildman–Crippen LogP) is 7.01. The van der Waals surface area contributed by atoms with Gasteiger partial charge in [-0.1, -0.05) is 48.3 Å². The molecule has 0 spiro atoms. The molecule has 0 saturated heterocycles. The molecule has 0 amide bonds. The summed E-state index contributed by atoms with van der Waals surface area (Å²) in [6.45, 7) is 10.4. The van der Waals surface area contributed by atoms with Crippen LogP contribution >= 0.6 is 23.2 Å². The van der Waals surface area contributed by atoms with Crippen LogP contribution in [0.4, 0.5) is 0 Å². The van der Waals surface area contributed by atoms with E-state index in [1.54, 1.807) is 18.2 Å². The first-order valence-electron chi connectivity index (χ1n) is 11.2. The predicted molar refractivity (Wildman–Crippen MR) is 137 cm³/mol. The Hall–Kier alpha value is -2.76. The minimum Gasteiger partial charge on any atom is -0.480 e. The van der Waals surface area contributed by atoms with Crippen LogP contribution in [-0.2, 0) is 16.1 Å². The number of aryl methyl sites for hydroxylation is 3. The minimum atomic E-state index is -0.603. The summed E-state index contributed by atoms with van der Waals surface area (Å²) in [5, 5.41) is 5.09. The molecule has 4 rings (SSSR count). The lowest BCUT2D eigenvalue weighted by molar-refractivity contribution is -0.146. The second-order valence-corrected chi connectivity index (χ2v) is 10.5. The van der Waals surface area contributed by atoms with Crippen LogP contribution in [-0.4, -0.2) is 22.9 Å². The minimum absolute atomic E-state index is 0.0339. The zero-order valence-electron chi connectivity index (χ0n) is 20.0. The number of aromatic nitrogens is 1. The molecule has 3 aromatic rings. The molecule has 34 heavy (non-hydrogen) atoms. The molecular weight excluding hydrogens is 471 g/mol. The summed E-state index contributed by atoms with van der Waals surface area (Å²) >= 11 is 12.0. The summed E-state index contributed by atoms with van der Waals surface area (Å²) in [6, 6.07) is 13.4. The van der Waals surface area contributed by atoms with Crippen molar-refractivity contribution in [3.63, 3.8) is 0 Å². The van der Waals surface area contributed by atoms with Crippen LogP contribution in [0.25, 0.3) is 5.69 Å². The Morgan fingerprint density at radius 1 is 1.03 bits per heavy atom. The number of ether oxygens (including phenoxy) is 1. The van der Waals surface area contributed by atoms with Gasteiger partial charge >= 0.3 is 5.97 Å². The molecule has 178 valence electrons. The van der Waals surface area contributed by atoms with Gasteiger partial charge in [0.25, 0.3) is 0 Å². The first-order valence-corrected chi connectivity index (χ1v) is 11.9. The Kier molecular flexibility index (Phi) is 6.79. The lowest BCUT2D eigenvalue weighted by Gasteiger charge is -2.31. The van der Waals surface area contributed by atoms with Gasteiger partial charge in [-0.15, -0.1) is 0 Å². The van der Waals surface area contributed by atoms with E-state index in [0.29, 0.717) is 22.2 Å². The highest BCUT2D eigenvalue weighted by atomic mass is 35.5. The summed E-state index contributed by atoms with van der Waals surface area (Å²) in [6.07, 6.45) is 1.60. The Morgan fingerprint density at radius 2 is 1.79 bits per heavy atom. The van der Waals surface area contributed by atoms with E-state index >= 15 is 0 Å². The molecule has 0 fully saturated rings. The average molecular weight is 499 g/mol. The first kappa shape index (κ1) is 24.4. The smallest absolute Gasteiger partial charge is 0.372 e. The third-order valence-electron chi connectivity index (χ3n) is 6.14. The molecule has 0 saturated carbocycles. The molecule has 1 aliphatic rings. The van der Waals surface area contributed by atoms with Crippen LogP contribution in [0.3, 0.4) is 0 Å². The Bertz CT molecular complexity index is 1290. The van der Waals surface area contributed by atoms with Crippen LogP contribution in [0.5, 0.6) is 5.75 Å². The fourth-order valence-corrected chi connectivity index (χ4v) is 4.81. The van der Waals surface area contributed by atoms with Gasteiger partial charge in [-0.3, -0.25) is 0 Å². The Morgan fingerprint density at radius 3 is 2.50 bits per heavy atom. The summed E-state index contributed by atoms with van der Waals surface area (Å²) in [7, 11) is 0. The van der Waals surface area contributed by atoms with Gasteiger partial charge in [0.1, 0.15) is 5.75 Å². The highest BCUT2D eigenvalue weighted by Crippen LogP contribution is 2.38. The van der Waals surface area contributed by atoms with Crippen molar-refractivity contribution in [3.05, 3.63) is 80.6 Å². The van der Waals surface area contributed by atoms with Crippen molar-refractivity contribution in [2.45, 2.75) is 47.5 Å². The number of rotatable bonds is 5. The van der Waals surface area contributed by atoms with Crippen LogP contribution in [0.15, 0.2) is 47.6 Å². The highest BCUT2D eigenvalue weighted by Gasteiger charge is 2.34. The van der Waals surface area contributed by atoms with Gasteiger partial charge in [-0.25, -0.2) is 4.79 Å². The molecular formula is C27H28Cl2N2O3. The molecule has 0 atom stereocenters. The van der Waals surface area contributed by atoms with Crippen molar-refractivity contribution in [1.29, 1.82) is 0 Å². The second kappa shape index (κ2) is 9.47. The summed E-state index contributed by atoms with van der Waals surface area (Å²) < 4.78 is 7.75. The molecule has 0 aliphatic heterocycles. The summed E-state index contributed by atoms with van der Waals surface area (Å²) in [5.74, 6) is -0.244. The van der Waals surface area contributed by atoms with E-state index in [1.807, 2.05) is 0 Å². The number of hydrogen-bond acceptors (Lipinski definition) is 4. The van der Waals surface area contributed by atoms with Crippen molar-refractivity contribution in [3.8, 4) is 11.4 Å². The first-order chi connectivity index (χ1) is 16.0. The maximum atomic E-state index is 12.3. The SMILES string of the molecule is Cc1ccc(-n2c(C)cc3c2CC(C)(C)C/C3=N\OC(=O)COc2ccc(Cl)cc2Cl)cc1C. The van der Waals surface area contributed by atoms with Crippen LogP contribution in [0.1, 0.15) is 48.3 Å². The van der Waals surface area contributed by atoms with Gasteiger partial charge < -0.3 is 14.1 Å². The van der Waals surface area contributed by atoms with Crippen LogP contribution in [0.2, 0.25) is 10.0 Å². The largest absolute Gasteiger partial charge is 0.480 e. The number of oxime groups is 1. The molecule has 1 heterocycles. The van der Waals surface area contributed by atoms with E-state index in [0.717, 1.165) is 29.1 Å². The van der Waals surface area contributed by atoms with E-state index in [9.17, 15) is 4.79 Å². The number of halogens is 2. The molecule has 1 aliphatic carbocycles. The second-order valence-electron chi connectivity index (χ2n) is 9.63. The number of carbonyl (C=O) groups is 1. The number of carbonyl (C=O) groups excluding carboxylic acids is 1. The van der Waals surface area contributed by atoms with E-state index in [2.05, 4.69) is 68.6 Å². The third-order valence-corrected chi connectivity index (χ3v) is 6.67. The Labute approximate surface area is 210 Å². The van der Waals surface area contributed by atoms with Gasteiger partial charge in [0.2, 0.25) is 0 Å². The molecule has 2 aromatic carbocycles. The molecule has 0 bridgehead atoms. The number of fused-ring (bicyclic) bond motifs is 1. The van der Waals surface area contributed by atoms with Gasteiger partial charge in [0.05, 0.1) is 10.7 Å². The van der Waals surface area contributed by atoms with Crippen molar-refractivity contribution < 1.29 is 14.4 Å². The topological polar surface area (TPSA) is 52.8 Å². The summed E-state index contributed by atoms with van der Waals surface area (Å²) in [5.41, 5.74) is 7.68. The number of benzene rings is 2. The normalized spacial score (nSPS) is 15.8. The van der Waals surface area contributed by atoms with E-state index in [-0.39, 0.29) is 12.0 Å². The molecule has 0 radical (unpaired) electrons. The third kappa shape index (κ3) is 5.16. The highest BCUT2D eigenvalue weighted by molar-refractivity contribution is 6.35. The number of nitrogens with zero attached hydrogens (tertiary/aromatic N) is 2. The quantitative estimate of drug-likeness (QED) is 0.280. The van der Waals surface area contributed by atoms with Crippen molar-refractivity contribution in [2.75, 3.05) is 6.61 Å². The lowest BCUT2D eigenvalue weighted by Crippen LogP contribution is -2.29. The Balaban J connectivity index is 1.57. The fraction of sp³-hybridized carbons (Fsp3) is 0.333. The van der Waals surface area contributed by atoms with Crippen LogP contribution in [0, 0.1) is 26.2 Å². The average Bonchev–Trinajstić information content (AvgIpc) is 3.08. The molecule has 5 nitrogen and oxygen atoms in total. The lowest BCUT2D eigenvalue weighted by atomic mass is 9.76. The van der Waals surface area contributed by atoms with Crippen molar-refractivity contribution in [1.82, 2.24) is 4.57 Å².